The summed E-state index contributed by atoms with van der Waals surface area (Å²) in [6, 6.07) is 2.93. The molecule has 1 nitrogen and oxygen atoms in total. The van der Waals surface area contributed by atoms with Crippen molar-refractivity contribution in [3.63, 3.8) is 0 Å². The summed E-state index contributed by atoms with van der Waals surface area (Å²) in [5, 5.41) is 5.93. The smallest absolute Gasteiger partial charge is 0.0656 e. The Balaban J connectivity index is 1.97. The third kappa shape index (κ3) is 3.17. The third-order valence-corrected chi connectivity index (χ3v) is 5.04. The van der Waals surface area contributed by atoms with Crippen molar-refractivity contribution >= 4 is 33.9 Å². The standard InChI is InChI=1S/C12H18INS/c1-2-14-11(6-9-4-3-5-9)10-7-12(13)15-8-10/h7-9,11,14H,2-6H2,1H3. The topological polar surface area (TPSA) is 12.0 Å². The summed E-state index contributed by atoms with van der Waals surface area (Å²) in [6.45, 7) is 3.27. The molecule has 0 bridgehead atoms. The zero-order valence-electron chi connectivity index (χ0n) is 9.13. The van der Waals surface area contributed by atoms with Gasteiger partial charge in [-0.15, -0.1) is 11.3 Å². The van der Waals surface area contributed by atoms with E-state index in [0.717, 1.165) is 12.5 Å². The molecule has 1 aromatic heterocycles. The van der Waals surface area contributed by atoms with Gasteiger partial charge in [0.2, 0.25) is 0 Å². The van der Waals surface area contributed by atoms with E-state index < -0.39 is 0 Å². The van der Waals surface area contributed by atoms with Crippen LogP contribution in [0.25, 0.3) is 0 Å². The Morgan fingerprint density at radius 3 is 2.87 bits per heavy atom. The van der Waals surface area contributed by atoms with Gasteiger partial charge in [0.05, 0.1) is 2.88 Å². The Labute approximate surface area is 110 Å². The maximum Gasteiger partial charge on any atom is 0.0656 e. The minimum absolute atomic E-state index is 0.597. The van der Waals surface area contributed by atoms with E-state index in [1.165, 1.54) is 34.1 Å². The van der Waals surface area contributed by atoms with Gasteiger partial charge in [-0.1, -0.05) is 26.2 Å². The molecule has 0 aliphatic heterocycles. The molecule has 1 N–H and O–H groups in total. The second-order valence-electron chi connectivity index (χ2n) is 4.33. The largest absolute Gasteiger partial charge is 0.310 e. The van der Waals surface area contributed by atoms with Crippen LogP contribution in [0.2, 0.25) is 0 Å². The van der Waals surface area contributed by atoms with Crippen LogP contribution >= 0.6 is 33.9 Å². The molecule has 1 fully saturated rings. The maximum absolute atomic E-state index is 3.61. The molecule has 1 heterocycles. The van der Waals surface area contributed by atoms with Crippen LogP contribution in [-0.2, 0) is 0 Å². The van der Waals surface area contributed by atoms with Crippen molar-refractivity contribution in [1.82, 2.24) is 5.32 Å². The zero-order chi connectivity index (χ0) is 10.7. The monoisotopic (exact) mass is 335 g/mol. The summed E-state index contributed by atoms with van der Waals surface area (Å²) in [6.07, 6.45) is 5.68. The molecule has 1 unspecified atom stereocenters. The Hall–Kier alpha value is 0.390. The van der Waals surface area contributed by atoms with Gasteiger partial charge in [0.1, 0.15) is 0 Å². The molecule has 0 saturated heterocycles. The average Bonchev–Trinajstić information content (AvgIpc) is 2.56. The van der Waals surface area contributed by atoms with Gasteiger partial charge in [0.25, 0.3) is 0 Å². The second kappa shape index (κ2) is 5.64. The van der Waals surface area contributed by atoms with Crippen LogP contribution in [0.5, 0.6) is 0 Å². The number of rotatable bonds is 5. The van der Waals surface area contributed by atoms with E-state index in [2.05, 4.69) is 46.3 Å². The van der Waals surface area contributed by atoms with Gasteiger partial charge < -0.3 is 5.32 Å². The molecule has 1 aliphatic rings. The van der Waals surface area contributed by atoms with Crippen molar-refractivity contribution < 1.29 is 0 Å². The van der Waals surface area contributed by atoms with E-state index in [1.54, 1.807) is 0 Å². The summed E-state index contributed by atoms with van der Waals surface area (Å²) >= 11 is 4.27. The Bertz CT molecular complexity index is 306. The molecule has 3 heteroatoms. The molecule has 0 amide bonds. The van der Waals surface area contributed by atoms with Gasteiger partial charge in [0, 0.05) is 6.04 Å². The lowest BCUT2D eigenvalue weighted by molar-refractivity contribution is 0.262. The summed E-state index contributed by atoms with van der Waals surface area (Å²) in [5.41, 5.74) is 1.50. The SMILES string of the molecule is CCNC(CC1CCC1)c1csc(I)c1. The lowest BCUT2D eigenvalue weighted by atomic mass is 9.80. The summed E-state index contributed by atoms with van der Waals surface area (Å²) in [4.78, 5) is 0. The van der Waals surface area contributed by atoms with Crippen LogP contribution in [0.1, 0.15) is 44.2 Å². The molecule has 0 spiro atoms. The lowest BCUT2D eigenvalue weighted by Gasteiger charge is -2.29. The predicted molar refractivity (Wildman–Crippen MR) is 75.4 cm³/mol. The Morgan fingerprint density at radius 1 is 1.60 bits per heavy atom. The number of halogens is 1. The molecule has 1 atom stereocenters. The summed E-state index contributed by atoms with van der Waals surface area (Å²) in [7, 11) is 0. The minimum atomic E-state index is 0.597. The highest BCUT2D eigenvalue weighted by Gasteiger charge is 2.23. The van der Waals surface area contributed by atoms with Gasteiger partial charge in [-0.05, 0) is 58.5 Å². The van der Waals surface area contributed by atoms with Crippen molar-refractivity contribution in [2.24, 2.45) is 5.92 Å². The van der Waals surface area contributed by atoms with Gasteiger partial charge in [-0.3, -0.25) is 0 Å². The highest BCUT2D eigenvalue weighted by Crippen LogP contribution is 2.35. The normalized spacial score (nSPS) is 18.8. The molecule has 0 radical (unpaired) electrons. The summed E-state index contributed by atoms with van der Waals surface area (Å²) in [5.74, 6) is 0.978. The van der Waals surface area contributed by atoms with Crippen LogP contribution in [-0.4, -0.2) is 6.54 Å². The lowest BCUT2D eigenvalue weighted by Crippen LogP contribution is -2.25. The minimum Gasteiger partial charge on any atom is -0.310 e. The van der Waals surface area contributed by atoms with E-state index in [1.807, 2.05) is 11.3 Å². The highest BCUT2D eigenvalue weighted by molar-refractivity contribution is 14.1. The van der Waals surface area contributed by atoms with Crippen molar-refractivity contribution in [1.29, 1.82) is 0 Å². The van der Waals surface area contributed by atoms with Crippen LogP contribution in [0, 0.1) is 8.80 Å². The summed E-state index contributed by atoms with van der Waals surface area (Å²) < 4.78 is 1.40. The second-order valence-corrected chi connectivity index (χ2v) is 7.13. The fraction of sp³-hybridized carbons (Fsp3) is 0.667. The number of hydrogen-bond donors (Lipinski definition) is 1. The van der Waals surface area contributed by atoms with Crippen LogP contribution in [0.15, 0.2) is 11.4 Å². The Kier molecular flexibility index (Phi) is 4.46. The van der Waals surface area contributed by atoms with Crippen molar-refractivity contribution in [2.45, 2.75) is 38.6 Å². The maximum atomic E-state index is 3.61. The van der Waals surface area contributed by atoms with Crippen molar-refractivity contribution in [3.05, 3.63) is 19.9 Å². The first-order valence-electron chi connectivity index (χ1n) is 5.77. The molecule has 84 valence electrons. The quantitative estimate of drug-likeness (QED) is 0.796. The van der Waals surface area contributed by atoms with E-state index in [0.29, 0.717) is 6.04 Å². The molecule has 1 aliphatic carbocycles. The van der Waals surface area contributed by atoms with Crippen molar-refractivity contribution in [2.75, 3.05) is 6.54 Å². The molecule has 2 rings (SSSR count). The third-order valence-electron chi connectivity index (χ3n) is 3.23. The first-order valence-corrected chi connectivity index (χ1v) is 7.72. The van der Waals surface area contributed by atoms with Crippen LogP contribution in [0.3, 0.4) is 0 Å². The van der Waals surface area contributed by atoms with E-state index in [4.69, 9.17) is 0 Å². The first-order chi connectivity index (χ1) is 7.29. The fourth-order valence-electron chi connectivity index (χ4n) is 2.15. The number of hydrogen-bond acceptors (Lipinski definition) is 2. The van der Waals surface area contributed by atoms with Gasteiger partial charge in [-0.25, -0.2) is 0 Å². The molecule has 0 aromatic carbocycles. The number of nitrogens with one attached hydrogen (secondary N) is 1. The van der Waals surface area contributed by atoms with E-state index in [9.17, 15) is 0 Å². The zero-order valence-corrected chi connectivity index (χ0v) is 12.1. The van der Waals surface area contributed by atoms with Gasteiger partial charge in [-0.2, -0.15) is 0 Å². The van der Waals surface area contributed by atoms with E-state index in [-0.39, 0.29) is 0 Å². The van der Waals surface area contributed by atoms with Gasteiger partial charge >= 0.3 is 0 Å². The molecular weight excluding hydrogens is 317 g/mol. The molecular formula is C12H18INS. The highest BCUT2D eigenvalue weighted by atomic mass is 127. The Morgan fingerprint density at radius 2 is 2.40 bits per heavy atom. The molecule has 1 saturated carbocycles. The number of thiophene rings is 1. The van der Waals surface area contributed by atoms with Gasteiger partial charge in [0.15, 0.2) is 0 Å². The first kappa shape index (κ1) is 11.9. The van der Waals surface area contributed by atoms with Crippen LogP contribution in [0.4, 0.5) is 0 Å². The van der Waals surface area contributed by atoms with E-state index >= 15 is 0 Å². The fourth-order valence-corrected chi connectivity index (χ4v) is 3.58. The molecule has 15 heavy (non-hydrogen) atoms. The molecule has 1 aromatic rings. The van der Waals surface area contributed by atoms with Crippen molar-refractivity contribution in [3.8, 4) is 0 Å². The predicted octanol–water partition coefficient (Wildman–Crippen LogP) is 4.19. The average molecular weight is 335 g/mol. The van der Waals surface area contributed by atoms with Crippen LogP contribution < -0.4 is 5.32 Å².